The van der Waals surface area contributed by atoms with Gasteiger partial charge in [0.05, 0.1) is 17.0 Å². The summed E-state index contributed by atoms with van der Waals surface area (Å²) in [6.07, 6.45) is 1.53. The monoisotopic (exact) mass is 408 g/mol. The Morgan fingerprint density at radius 1 is 1.33 bits per heavy atom. The fraction of sp³-hybridized carbons (Fsp3) is 0.0625. The van der Waals surface area contributed by atoms with Gasteiger partial charge in [-0.1, -0.05) is 33.6 Å². The van der Waals surface area contributed by atoms with Gasteiger partial charge in [0.15, 0.2) is 0 Å². The van der Waals surface area contributed by atoms with E-state index in [0.717, 1.165) is 15.9 Å². The number of carbonyl (C=O) groups excluding carboxylic acids is 1. The fourth-order valence-corrected chi connectivity index (χ4v) is 3.33. The average Bonchev–Trinajstić information content (AvgIpc) is 2.94. The van der Waals surface area contributed by atoms with Crippen molar-refractivity contribution in [2.75, 3.05) is 0 Å². The third-order valence-electron chi connectivity index (χ3n) is 3.64. The van der Waals surface area contributed by atoms with Gasteiger partial charge in [-0.05, 0) is 24.3 Å². The molecule has 6 nitrogen and oxygen atoms in total. The summed E-state index contributed by atoms with van der Waals surface area (Å²) >= 11 is 9.19. The van der Waals surface area contributed by atoms with E-state index in [4.69, 9.17) is 11.6 Å². The number of aliphatic hydroxyl groups is 1. The van der Waals surface area contributed by atoms with Gasteiger partial charge in [0.2, 0.25) is 0 Å². The summed E-state index contributed by atoms with van der Waals surface area (Å²) in [6.45, 7) is -0.236. The van der Waals surface area contributed by atoms with E-state index in [9.17, 15) is 20.0 Å². The predicted octanol–water partition coefficient (Wildman–Crippen LogP) is 4.15. The molecule has 3 rings (SSSR count). The van der Waals surface area contributed by atoms with E-state index in [2.05, 4.69) is 15.9 Å². The second-order valence-corrected chi connectivity index (χ2v) is 6.31. The van der Waals surface area contributed by atoms with Crippen LogP contribution in [-0.4, -0.2) is 20.5 Å². The Labute approximate surface area is 149 Å². The fourth-order valence-electron chi connectivity index (χ4n) is 2.53. The van der Waals surface area contributed by atoms with Gasteiger partial charge in [-0.25, -0.2) is 0 Å². The minimum Gasteiger partial charge on any atom is -0.392 e. The van der Waals surface area contributed by atoms with Crippen LogP contribution in [-0.2, 0) is 6.61 Å². The maximum atomic E-state index is 12.8. The molecule has 0 radical (unpaired) electrons. The van der Waals surface area contributed by atoms with Crippen LogP contribution in [0.2, 0.25) is 5.02 Å². The van der Waals surface area contributed by atoms with Crippen molar-refractivity contribution in [1.82, 2.24) is 4.57 Å². The number of rotatable bonds is 3. The summed E-state index contributed by atoms with van der Waals surface area (Å²) in [5.74, 6) is -0.447. The quantitative estimate of drug-likeness (QED) is 0.520. The Balaban J connectivity index is 2.18. The molecule has 0 saturated carbocycles. The van der Waals surface area contributed by atoms with Crippen molar-refractivity contribution in [2.45, 2.75) is 6.61 Å². The lowest BCUT2D eigenvalue weighted by Gasteiger charge is -2.05. The number of benzene rings is 2. The topological polar surface area (TPSA) is 85.4 Å². The molecule has 0 bridgehead atoms. The van der Waals surface area contributed by atoms with Crippen molar-refractivity contribution in [3.8, 4) is 0 Å². The van der Waals surface area contributed by atoms with Crippen molar-refractivity contribution in [3.05, 3.63) is 73.3 Å². The lowest BCUT2D eigenvalue weighted by atomic mass is 10.1. The van der Waals surface area contributed by atoms with Crippen molar-refractivity contribution < 1.29 is 14.8 Å². The molecule has 0 aliphatic carbocycles. The molecule has 0 unspecified atom stereocenters. The average molecular weight is 410 g/mol. The number of fused-ring (bicyclic) bond motifs is 1. The van der Waals surface area contributed by atoms with E-state index in [1.165, 1.54) is 22.9 Å². The number of nitro groups is 1. The van der Waals surface area contributed by atoms with Crippen LogP contribution in [0.15, 0.2) is 47.1 Å². The molecule has 1 heterocycles. The van der Waals surface area contributed by atoms with Crippen LogP contribution in [0.3, 0.4) is 0 Å². The van der Waals surface area contributed by atoms with Crippen molar-refractivity contribution in [2.24, 2.45) is 0 Å². The Hall–Kier alpha value is -2.22. The van der Waals surface area contributed by atoms with Crippen LogP contribution in [0.1, 0.15) is 15.9 Å². The Morgan fingerprint density at radius 3 is 2.75 bits per heavy atom. The number of hydrogen-bond donors (Lipinski definition) is 1. The number of halogens is 2. The summed E-state index contributed by atoms with van der Waals surface area (Å²) in [4.78, 5) is 23.2. The zero-order chi connectivity index (χ0) is 17.4. The van der Waals surface area contributed by atoms with E-state index >= 15 is 0 Å². The molecule has 0 atom stereocenters. The molecule has 0 aliphatic rings. The molecule has 122 valence electrons. The molecule has 24 heavy (non-hydrogen) atoms. The van der Waals surface area contributed by atoms with Crippen molar-refractivity contribution in [3.63, 3.8) is 0 Å². The van der Waals surface area contributed by atoms with Gasteiger partial charge < -0.3 is 5.11 Å². The molecular weight excluding hydrogens is 400 g/mol. The van der Waals surface area contributed by atoms with Gasteiger partial charge in [-0.2, -0.15) is 0 Å². The number of carbonyl (C=O) groups is 1. The molecule has 1 aromatic heterocycles. The second-order valence-electron chi connectivity index (χ2n) is 5.04. The van der Waals surface area contributed by atoms with Crippen LogP contribution in [0, 0.1) is 10.1 Å². The number of aliphatic hydroxyl groups excluding tert-OH is 1. The Bertz CT molecular complexity index is 984. The molecule has 3 aromatic rings. The highest BCUT2D eigenvalue weighted by Crippen LogP contribution is 2.31. The van der Waals surface area contributed by atoms with Crippen LogP contribution >= 0.6 is 27.5 Å². The zero-order valence-corrected chi connectivity index (χ0v) is 14.4. The van der Waals surface area contributed by atoms with Crippen LogP contribution < -0.4 is 0 Å². The smallest absolute Gasteiger partial charge is 0.288 e. The first-order valence-electron chi connectivity index (χ1n) is 6.82. The molecule has 0 spiro atoms. The van der Waals surface area contributed by atoms with E-state index in [-0.39, 0.29) is 22.9 Å². The molecule has 0 aliphatic heterocycles. The standard InChI is InChI=1S/C16H10BrClN2O4/c17-11-2-1-3-13-15(11)10(8-21)7-19(13)16(22)9-4-5-12(18)14(6-9)20(23)24/h1-7,21H,8H2. The SMILES string of the molecule is O=C(c1ccc(Cl)c([N+](=O)[O-])c1)n1cc(CO)c2c(Br)cccc21. The molecule has 0 fully saturated rings. The van der Waals surface area contributed by atoms with Crippen LogP contribution in [0.25, 0.3) is 10.9 Å². The number of aromatic nitrogens is 1. The van der Waals surface area contributed by atoms with Crippen LogP contribution in [0.5, 0.6) is 0 Å². The molecule has 0 saturated heterocycles. The first-order valence-corrected chi connectivity index (χ1v) is 7.99. The van der Waals surface area contributed by atoms with Crippen molar-refractivity contribution >= 4 is 50.0 Å². The van der Waals surface area contributed by atoms with Gasteiger partial charge in [0.1, 0.15) is 5.02 Å². The minimum absolute atomic E-state index is 0.0345. The third-order valence-corrected chi connectivity index (χ3v) is 4.62. The largest absolute Gasteiger partial charge is 0.392 e. The van der Waals surface area contributed by atoms with Crippen LogP contribution in [0.4, 0.5) is 5.69 Å². The van der Waals surface area contributed by atoms with Gasteiger partial charge in [-0.3, -0.25) is 19.5 Å². The summed E-state index contributed by atoms with van der Waals surface area (Å²) in [5, 5.41) is 21.2. The summed E-state index contributed by atoms with van der Waals surface area (Å²) < 4.78 is 2.11. The maximum Gasteiger partial charge on any atom is 0.288 e. The highest BCUT2D eigenvalue weighted by atomic mass is 79.9. The lowest BCUT2D eigenvalue weighted by Crippen LogP contribution is -2.11. The van der Waals surface area contributed by atoms with Gasteiger partial charge in [0.25, 0.3) is 11.6 Å². The normalized spacial score (nSPS) is 11.0. The molecule has 8 heteroatoms. The van der Waals surface area contributed by atoms with Crippen molar-refractivity contribution in [1.29, 1.82) is 0 Å². The van der Waals surface area contributed by atoms with E-state index in [1.807, 2.05) is 6.07 Å². The Kier molecular flexibility index (Phi) is 4.40. The molecule has 1 N–H and O–H groups in total. The van der Waals surface area contributed by atoms with Gasteiger partial charge >= 0.3 is 0 Å². The molecule has 0 amide bonds. The van der Waals surface area contributed by atoms with E-state index < -0.39 is 10.8 Å². The highest BCUT2D eigenvalue weighted by Gasteiger charge is 2.20. The molecule has 2 aromatic carbocycles. The third kappa shape index (κ3) is 2.71. The highest BCUT2D eigenvalue weighted by molar-refractivity contribution is 9.10. The van der Waals surface area contributed by atoms with E-state index in [1.54, 1.807) is 12.1 Å². The maximum absolute atomic E-state index is 12.8. The lowest BCUT2D eigenvalue weighted by molar-refractivity contribution is -0.384. The minimum atomic E-state index is -0.636. The zero-order valence-electron chi connectivity index (χ0n) is 12.1. The summed E-state index contributed by atoms with van der Waals surface area (Å²) in [6, 6.07) is 9.21. The summed E-state index contributed by atoms with van der Waals surface area (Å²) in [5.41, 5.74) is 0.973. The van der Waals surface area contributed by atoms with E-state index in [0.29, 0.717) is 11.1 Å². The number of nitrogens with zero attached hydrogens (tertiary/aromatic N) is 2. The first-order chi connectivity index (χ1) is 11.4. The number of nitro benzene ring substituents is 1. The first kappa shape index (κ1) is 16.6. The number of hydrogen-bond acceptors (Lipinski definition) is 4. The summed E-state index contributed by atoms with van der Waals surface area (Å²) in [7, 11) is 0. The predicted molar refractivity (Wildman–Crippen MR) is 93.4 cm³/mol. The molecular formula is C16H10BrClN2O4. The second kappa shape index (κ2) is 6.35. The van der Waals surface area contributed by atoms with Gasteiger partial charge in [-0.15, -0.1) is 0 Å². The Morgan fingerprint density at radius 2 is 2.08 bits per heavy atom. The van der Waals surface area contributed by atoms with Gasteiger partial charge in [0, 0.05) is 33.2 Å².